The van der Waals surface area contributed by atoms with Gasteiger partial charge in [0.2, 0.25) is 0 Å². The summed E-state index contributed by atoms with van der Waals surface area (Å²) >= 11 is 6.66. The summed E-state index contributed by atoms with van der Waals surface area (Å²) in [6.45, 7) is 0. The topological polar surface area (TPSA) is 123 Å². The molecule has 1 aliphatic carbocycles. The van der Waals surface area contributed by atoms with E-state index < -0.39 is 29.7 Å². The predicted octanol–water partition coefficient (Wildman–Crippen LogP) is 5.32. The molecule has 0 fully saturated rings. The second-order valence-electron chi connectivity index (χ2n) is 9.86. The number of carbonyl (C=O) groups excluding carboxylic acids is 2. The minimum Gasteiger partial charge on any atom is -0.466 e. The summed E-state index contributed by atoms with van der Waals surface area (Å²) in [7, 11) is 2.25. The van der Waals surface area contributed by atoms with Crippen LogP contribution in [0.15, 0.2) is 71.2 Å². The Bertz CT molecular complexity index is 1720. The molecule has 2 aromatic carbocycles. The fourth-order valence-electron chi connectivity index (χ4n) is 5.61. The molecule has 2 N–H and O–H groups in total. The number of nitrogens with zero attached hydrogens (tertiary/aromatic N) is 4. The zero-order chi connectivity index (χ0) is 31.1. The minimum absolute atomic E-state index is 0.0116. The van der Waals surface area contributed by atoms with Crippen LogP contribution in [0.4, 0.5) is 18.9 Å². The van der Waals surface area contributed by atoms with Crippen LogP contribution in [0, 0.1) is 11.3 Å². The van der Waals surface area contributed by atoms with E-state index in [9.17, 15) is 28.0 Å². The number of rotatable bonds is 5. The third kappa shape index (κ3) is 5.10. The van der Waals surface area contributed by atoms with Crippen molar-refractivity contribution < 1.29 is 32.2 Å². The maximum Gasteiger partial charge on any atom is 0.435 e. The number of alkyl halides is 3. The quantitative estimate of drug-likeness (QED) is 0.385. The number of hydrogen-bond donors (Lipinski definition) is 1. The summed E-state index contributed by atoms with van der Waals surface area (Å²) in [6.07, 6.45) is -2.69. The number of nitriles is 1. The largest absolute Gasteiger partial charge is 0.466 e. The van der Waals surface area contributed by atoms with Crippen LogP contribution >= 0.6 is 11.6 Å². The highest BCUT2D eigenvalue weighted by molar-refractivity contribution is 6.32. The number of anilines is 1. The molecule has 9 nitrogen and oxygen atoms in total. The Labute approximate surface area is 249 Å². The number of allylic oxidation sites excluding steroid dienone is 1. The number of aromatic nitrogens is 2. The van der Waals surface area contributed by atoms with E-state index in [2.05, 4.69) is 11.2 Å². The first kappa shape index (κ1) is 29.7. The van der Waals surface area contributed by atoms with Crippen molar-refractivity contribution >= 4 is 29.2 Å². The summed E-state index contributed by atoms with van der Waals surface area (Å²) in [4.78, 5) is 27.7. The fraction of sp³-hybridized carbons (Fsp3) is 0.267. The zero-order valence-electron chi connectivity index (χ0n) is 23.0. The molecular weight excluding hydrogens is 587 g/mol. The van der Waals surface area contributed by atoms with Gasteiger partial charge in [0.1, 0.15) is 11.5 Å². The molecule has 0 spiro atoms. The van der Waals surface area contributed by atoms with Crippen molar-refractivity contribution in [2.45, 2.75) is 37.8 Å². The predicted molar refractivity (Wildman–Crippen MR) is 150 cm³/mol. The lowest BCUT2D eigenvalue weighted by Gasteiger charge is -2.36. The van der Waals surface area contributed by atoms with Gasteiger partial charge >= 0.3 is 18.1 Å². The summed E-state index contributed by atoms with van der Waals surface area (Å²) < 4.78 is 52.7. The summed E-state index contributed by atoms with van der Waals surface area (Å²) in [6, 6.07) is 14.8. The molecule has 0 saturated heterocycles. The maximum atomic E-state index is 13.8. The molecule has 13 heteroatoms. The molecule has 1 unspecified atom stereocenters. The Morgan fingerprint density at radius 3 is 2.35 bits per heavy atom. The first-order chi connectivity index (χ1) is 20.5. The van der Waals surface area contributed by atoms with Crippen molar-refractivity contribution in [3.8, 4) is 11.8 Å². The van der Waals surface area contributed by atoms with Gasteiger partial charge in [0, 0.05) is 16.9 Å². The molecule has 1 aliphatic heterocycles. The minimum atomic E-state index is -4.64. The summed E-state index contributed by atoms with van der Waals surface area (Å²) in [5.74, 6) is -3.08. The lowest BCUT2D eigenvalue weighted by Crippen LogP contribution is -2.40. The van der Waals surface area contributed by atoms with E-state index in [1.54, 1.807) is 30.3 Å². The maximum absolute atomic E-state index is 13.8. The molecular formula is C30H25ClF3N5O4. The molecule has 0 radical (unpaired) electrons. The third-order valence-corrected chi connectivity index (χ3v) is 7.78. The van der Waals surface area contributed by atoms with Gasteiger partial charge in [0.15, 0.2) is 5.69 Å². The normalized spacial score (nSPS) is 17.0. The van der Waals surface area contributed by atoms with Crippen molar-refractivity contribution in [2.75, 3.05) is 19.1 Å². The second-order valence-corrected chi connectivity index (χ2v) is 10.3. The van der Waals surface area contributed by atoms with Crippen molar-refractivity contribution in [1.82, 2.24) is 9.78 Å². The van der Waals surface area contributed by atoms with Crippen LogP contribution in [0.25, 0.3) is 5.69 Å². The molecule has 2 aliphatic rings. The van der Waals surface area contributed by atoms with E-state index in [-0.39, 0.29) is 51.0 Å². The molecule has 5 rings (SSSR count). The number of esters is 2. The van der Waals surface area contributed by atoms with Crippen LogP contribution in [0.3, 0.4) is 0 Å². The summed E-state index contributed by atoms with van der Waals surface area (Å²) in [5, 5.41) is 14.1. The first-order valence-electron chi connectivity index (χ1n) is 13.2. The smallest absolute Gasteiger partial charge is 0.435 e. The molecule has 1 aromatic heterocycles. The number of methoxy groups -OCH3 is 2. The van der Waals surface area contributed by atoms with Gasteiger partial charge in [-0.1, -0.05) is 41.9 Å². The standard InChI is InChI=1S/C30H25ClF3N5O4/c1-42-28(40)24-23(16-8-4-3-5-9-16)19(15-35)27(36)38(25(24)29(41)43-2)17-12-13-22(20(31)14-17)39-21-11-7-6-10-18(21)26(37-39)30(32,33)34/h3-5,8-9,12-14,23H,6-7,10-11,36H2,1-2H3. The molecule has 43 heavy (non-hydrogen) atoms. The van der Waals surface area contributed by atoms with Gasteiger partial charge in [-0.3, -0.25) is 4.90 Å². The highest BCUT2D eigenvalue weighted by Crippen LogP contribution is 2.44. The average molecular weight is 612 g/mol. The SMILES string of the molecule is COC(=O)C1=C(C(=O)OC)N(c2ccc(-n3nc(C(F)(F)F)c4c3CCCC4)c(Cl)c2)C(N)=C(C#N)C1c1ccccc1. The number of halogens is 4. The first-order valence-corrected chi connectivity index (χ1v) is 13.5. The molecule has 2 heterocycles. The van der Waals surface area contributed by atoms with E-state index in [0.29, 0.717) is 30.5 Å². The summed E-state index contributed by atoms with van der Waals surface area (Å²) in [5.41, 5.74) is 6.42. The van der Waals surface area contributed by atoms with E-state index in [1.165, 1.54) is 22.9 Å². The molecule has 1 atom stereocenters. The molecule has 0 saturated carbocycles. The molecule has 3 aromatic rings. The van der Waals surface area contributed by atoms with Crippen molar-refractivity contribution in [2.24, 2.45) is 5.73 Å². The number of ether oxygens (including phenoxy) is 2. The van der Waals surface area contributed by atoms with Crippen LogP contribution in [0.2, 0.25) is 5.02 Å². The van der Waals surface area contributed by atoms with Crippen LogP contribution < -0.4 is 10.6 Å². The van der Waals surface area contributed by atoms with Crippen LogP contribution in [-0.4, -0.2) is 35.9 Å². The third-order valence-electron chi connectivity index (χ3n) is 7.48. The molecule has 222 valence electrons. The van der Waals surface area contributed by atoms with Gasteiger partial charge in [0.05, 0.1) is 48.1 Å². The van der Waals surface area contributed by atoms with Crippen LogP contribution in [0.1, 0.15) is 41.3 Å². The zero-order valence-corrected chi connectivity index (χ0v) is 23.8. The Balaban J connectivity index is 1.71. The van der Waals surface area contributed by atoms with Gasteiger partial charge in [-0.2, -0.15) is 23.5 Å². The fourth-order valence-corrected chi connectivity index (χ4v) is 5.87. The van der Waals surface area contributed by atoms with Gasteiger partial charge in [-0.15, -0.1) is 0 Å². The Morgan fingerprint density at radius 1 is 1.07 bits per heavy atom. The van der Waals surface area contributed by atoms with E-state index >= 15 is 0 Å². The number of hydrogen-bond acceptors (Lipinski definition) is 8. The Kier molecular flexibility index (Phi) is 7.94. The van der Waals surface area contributed by atoms with E-state index in [4.69, 9.17) is 26.8 Å². The monoisotopic (exact) mass is 611 g/mol. The van der Waals surface area contributed by atoms with Crippen molar-refractivity contribution in [1.29, 1.82) is 5.26 Å². The van der Waals surface area contributed by atoms with Gasteiger partial charge < -0.3 is 15.2 Å². The highest BCUT2D eigenvalue weighted by Gasteiger charge is 2.43. The second kappa shape index (κ2) is 11.5. The Hall–Kier alpha value is -4.76. The number of carbonyl (C=O) groups is 2. The number of nitrogens with two attached hydrogens (primary N) is 1. The molecule has 0 amide bonds. The Morgan fingerprint density at radius 2 is 1.74 bits per heavy atom. The van der Waals surface area contributed by atoms with Gasteiger partial charge in [-0.25, -0.2) is 14.3 Å². The van der Waals surface area contributed by atoms with Crippen LogP contribution in [0.5, 0.6) is 0 Å². The van der Waals surface area contributed by atoms with Crippen molar-refractivity contribution in [3.05, 3.63) is 98.7 Å². The highest BCUT2D eigenvalue weighted by atomic mass is 35.5. The number of fused-ring (bicyclic) bond motifs is 1. The average Bonchev–Trinajstić information content (AvgIpc) is 3.40. The van der Waals surface area contributed by atoms with E-state index in [0.717, 1.165) is 19.1 Å². The lowest BCUT2D eigenvalue weighted by molar-refractivity contribution is -0.142. The molecule has 0 bridgehead atoms. The van der Waals surface area contributed by atoms with Gasteiger partial charge in [0.25, 0.3) is 0 Å². The number of benzene rings is 2. The van der Waals surface area contributed by atoms with Crippen molar-refractivity contribution in [3.63, 3.8) is 0 Å². The van der Waals surface area contributed by atoms with E-state index in [1.807, 2.05) is 0 Å². The lowest BCUT2D eigenvalue weighted by atomic mass is 9.81. The van der Waals surface area contributed by atoms with Crippen LogP contribution in [-0.2, 0) is 38.1 Å². The van der Waals surface area contributed by atoms with Gasteiger partial charge in [-0.05, 0) is 49.4 Å².